The van der Waals surface area contributed by atoms with E-state index in [4.69, 9.17) is 14.2 Å². The second kappa shape index (κ2) is 7.16. The number of esters is 2. The Morgan fingerprint density at radius 3 is 2.11 bits per heavy atom. The maximum Gasteiger partial charge on any atom is 0.311 e. The average molecular weight is 272 g/mol. The number of carbonyl (C=O) groups excluding carboxylic acids is 2. The Morgan fingerprint density at radius 2 is 1.68 bits per heavy atom. The minimum absolute atomic E-state index is 0.173. The van der Waals surface area contributed by atoms with Gasteiger partial charge in [0.05, 0.1) is 5.41 Å². The summed E-state index contributed by atoms with van der Waals surface area (Å²) in [5, 5.41) is 0. The highest BCUT2D eigenvalue weighted by atomic mass is 16.6. The number of ether oxygens (including phenoxy) is 3. The molecule has 5 nitrogen and oxygen atoms in total. The zero-order chi connectivity index (χ0) is 15.2. The highest BCUT2D eigenvalue weighted by Crippen LogP contribution is 2.17. The summed E-state index contributed by atoms with van der Waals surface area (Å²) in [5.41, 5.74) is -0.545. The van der Waals surface area contributed by atoms with Crippen LogP contribution in [-0.4, -0.2) is 30.8 Å². The second-order valence-corrected chi connectivity index (χ2v) is 5.49. The molecule has 0 spiro atoms. The van der Waals surface area contributed by atoms with Crippen LogP contribution >= 0.6 is 0 Å². The van der Waals surface area contributed by atoms with Gasteiger partial charge in [-0.25, -0.2) is 0 Å². The maximum absolute atomic E-state index is 11.6. The van der Waals surface area contributed by atoms with Crippen LogP contribution in [0.5, 0.6) is 0 Å². The van der Waals surface area contributed by atoms with Gasteiger partial charge >= 0.3 is 11.9 Å². The van der Waals surface area contributed by atoms with E-state index in [1.54, 1.807) is 34.6 Å². The van der Waals surface area contributed by atoms with Crippen LogP contribution in [-0.2, 0) is 23.8 Å². The van der Waals surface area contributed by atoms with Crippen LogP contribution in [0.15, 0.2) is 12.3 Å². The molecule has 0 aromatic carbocycles. The third kappa shape index (κ3) is 7.49. The summed E-state index contributed by atoms with van der Waals surface area (Å²) in [6, 6.07) is 0. The van der Waals surface area contributed by atoms with E-state index in [1.807, 2.05) is 0 Å². The van der Waals surface area contributed by atoms with Crippen LogP contribution in [0.4, 0.5) is 0 Å². The van der Waals surface area contributed by atoms with Gasteiger partial charge < -0.3 is 14.2 Å². The van der Waals surface area contributed by atoms with Crippen molar-refractivity contribution in [3.8, 4) is 0 Å². The largest absolute Gasteiger partial charge is 0.491 e. The monoisotopic (exact) mass is 272 g/mol. The van der Waals surface area contributed by atoms with Gasteiger partial charge in [0.25, 0.3) is 0 Å². The molecular weight excluding hydrogens is 248 g/mol. The Labute approximate surface area is 114 Å². The van der Waals surface area contributed by atoms with Gasteiger partial charge in [0, 0.05) is 6.92 Å². The minimum atomic E-state index is -0.545. The summed E-state index contributed by atoms with van der Waals surface area (Å²) in [4.78, 5) is 22.4. The Morgan fingerprint density at radius 1 is 1.16 bits per heavy atom. The van der Waals surface area contributed by atoms with Crippen LogP contribution in [0.25, 0.3) is 0 Å². The van der Waals surface area contributed by atoms with E-state index in [1.165, 1.54) is 6.92 Å². The molecule has 0 aliphatic carbocycles. The van der Waals surface area contributed by atoms with E-state index in [2.05, 4.69) is 6.58 Å². The van der Waals surface area contributed by atoms with Crippen molar-refractivity contribution in [1.82, 2.24) is 0 Å². The molecular formula is C14H24O5. The first-order valence-corrected chi connectivity index (χ1v) is 6.24. The van der Waals surface area contributed by atoms with Gasteiger partial charge in [-0.2, -0.15) is 0 Å². The van der Waals surface area contributed by atoms with E-state index >= 15 is 0 Å². The topological polar surface area (TPSA) is 61.8 Å². The molecule has 110 valence electrons. The molecule has 19 heavy (non-hydrogen) atoms. The lowest BCUT2D eigenvalue weighted by Gasteiger charge is -2.22. The van der Waals surface area contributed by atoms with Crippen molar-refractivity contribution in [2.24, 2.45) is 5.41 Å². The van der Waals surface area contributed by atoms with Gasteiger partial charge in [-0.3, -0.25) is 9.59 Å². The van der Waals surface area contributed by atoms with E-state index in [-0.39, 0.29) is 12.6 Å². The lowest BCUT2D eigenvalue weighted by molar-refractivity contribution is -0.160. The third-order valence-electron chi connectivity index (χ3n) is 2.22. The molecule has 0 aliphatic heterocycles. The highest BCUT2D eigenvalue weighted by molar-refractivity contribution is 5.75. The van der Waals surface area contributed by atoms with Crippen molar-refractivity contribution in [3.05, 3.63) is 12.3 Å². The zero-order valence-electron chi connectivity index (χ0n) is 12.6. The summed E-state index contributed by atoms with van der Waals surface area (Å²) in [5.74, 6) is -0.361. The maximum atomic E-state index is 11.6. The summed E-state index contributed by atoms with van der Waals surface area (Å²) >= 11 is 0. The zero-order valence-corrected chi connectivity index (χ0v) is 12.6. The Hall–Kier alpha value is -1.52. The fourth-order valence-electron chi connectivity index (χ4n) is 1.05. The molecule has 0 saturated carbocycles. The van der Waals surface area contributed by atoms with Crippen molar-refractivity contribution in [2.75, 3.05) is 6.61 Å². The Bertz CT molecular complexity index is 340. The minimum Gasteiger partial charge on any atom is -0.491 e. The fraction of sp³-hybridized carbons (Fsp3) is 0.714. The van der Waals surface area contributed by atoms with E-state index < -0.39 is 23.6 Å². The fourth-order valence-corrected chi connectivity index (χ4v) is 1.05. The molecule has 0 aromatic heterocycles. The lowest BCUT2D eigenvalue weighted by atomic mass is 9.97. The van der Waals surface area contributed by atoms with Gasteiger partial charge in [0.15, 0.2) is 6.10 Å². The van der Waals surface area contributed by atoms with Crippen LogP contribution in [0.2, 0.25) is 0 Å². The molecule has 0 N–H and O–H groups in total. The predicted octanol–water partition coefficient (Wildman–Crippen LogP) is 2.45. The van der Waals surface area contributed by atoms with Gasteiger partial charge in [-0.05, 0) is 34.6 Å². The van der Waals surface area contributed by atoms with Crippen LogP contribution in [0, 0.1) is 5.41 Å². The first kappa shape index (κ1) is 17.5. The SMILES string of the molecule is C=C(OCC(C)OC(=O)C(C)(C)C)C(C)OC(C)=O. The summed E-state index contributed by atoms with van der Waals surface area (Å²) < 4.78 is 15.5. The first-order chi connectivity index (χ1) is 8.54. The molecule has 0 radical (unpaired) electrons. The molecule has 0 rings (SSSR count). The quantitative estimate of drug-likeness (QED) is 0.549. The number of carbonyl (C=O) groups is 2. The number of hydrogen-bond donors (Lipinski definition) is 0. The smallest absolute Gasteiger partial charge is 0.311 e. The number of hydrogen-bond acceptors (Lipinski definition) is 5. The third-order valence-corrected chi connectivity index (χ3v) is 2.22. The normalized spacial score (nSPS) is 14.2. The van der Waals surface area contributed by atoms with Gasteiger partial charge in [0.2, 0.25) is 0 Å². The van der Waals surface area contributed by atoms with Crippen LogP contribution < -0.4 is 0 Å². The molecule has 0 fully saturated rings. The molecule has 2 atom stereocenters. The van der Waals surface area contributed by atoms with E-state index in [0.717, 1.165) is 0 Å². The van der Waals surface area contributed by atoms with E-state index in [0.29, 0.717) is 5.76 Å². The van der Waals surface area contributed by atoms with Crippen molar-refractivity contribution < 1.29 is 23.8 Å². The van der Waals surface area contributed by atoms with E-state index in [9.17, 15) is 9.59 Å². The molecule has 0 amide bonds. The summed E-state index contributed by atoms with van der Waals surface area (Å²) in [7, 11) is 0. The Kier molecular flexibility index (Phi) is 6.59. The first-order valence-electron chi connectivity index (χ1n) is 6.24. The summed E-state index contributed by atoms with van der Waals surface area (Å²) in [6.07, 6.45) is -0.920. The second-order valence-electron chi connectivity index (χ2n) is 5.49. The molecule has 2 unspecified atom stereocenters. The molecule has 0 saturated heterocycles. The standard InChI is InChI=1S/C14H24O5/c1-9(18-13(16)14(5,6)7)8-17-10(2)11(3)19-12(4)15/h9,11H,2,8H2,1,3-7H3. The molecule has 5 heteroatoms. The predicted molar refractivity (Wildman–Crippen MR) is 71.3 cm³/mol. The molecule has 0 aromatic rings. The van der Waals surface area contributed by atoms with Crippen molar-refractivity contribution in [1.29, 1.82) is 0 Å². The summed E-state index contributed by atoms with van der Waals surface area (Å²) in [6.45, 7) is 13.9. The molecule has 0 bridgehead atoms. The van der Waals surface area contributed by atoms with Gasteiger partial charge in [-0.1, -0.05) is 6.58 Å². The van der Waals surface area contributed by atoms with Crippen molar-refractivity contribution in [2.45, 2.75) is 53.8 Å². The molecule has 0 heterocycles. The lowest BCUT2D eigenvalue weighted by Crippen LogP contribution is -2.29. The Balaban J connectivity index is 4.10. The van der Waals surface area contributed by atoms with Crippen LogP contribution in [0.1, 0.15) is 41.5 Å². The highest BCUT2D eigenvalue weighted by Gasteiger charge is 2.25. The van der Waals surface area contributed by atoms with Crippen molar-refractivity contribution >= 4 is 11.9 Å². The van der Waals surface area contributed by atoms with Crippen LogP contribution in [0.3, 0.4) is 0 Å². The van der Waals surface area contributed by atoms with Gasteiger partial charge in [-0.15, -0.1) is 0 Å². The van der Waals surface area contributed by atoms with Crippen molar-refractivity contribution in [3.63, 3.8) is 0 Å². The number of rotatable bonds is 6. The average Bonchev–Trinajstić information content (AvgIpc) is 2.23. The molecule has 0 aliphatic rings. The van der Waals surface area contributed by atoms with Gasteiger partial charge in [0.1, 0.15) is 18.5 Å².